The van der Waals surface area contributed by atoms with Crippen LogP contribution in [0.25, 0.3) is 11.1 Å². The molecule has 0 aromatic heterocycles. The van der Waals surface area contributed by atoms with Gasteiger partial charge in [-0.3, -0.25) is 4.79 Å². The maximum absolute atomic E-state index is 11.8. The van der Waals surface area contributed by atoms with Gasteiger partial charge in [0.15, 0.2) is 17.3 Å². The number of nitrogens with two attached hydrogens (primary N) is 1. The second-order valence-electron chi connectivity index (χ2n) is 6.18. The summed E-state index contributed by atoms with van der Waals surface area (Å²) in [6.07, 6.45) is 1.57. The smallest absolute Gasteiger partial charge is 0.203 e. The lowest BCUT2D eigenvalue weighted by atomic mass is 9.92. The van der Waals surface area contributed by atoms with Gasteiger partial charge in [0.25, 0.3) is 0 Å². The lowest BCUT2D eigenvalue weighted by Crippen LogP contribution is -2.11. The van der Waals surface area contributed by atoms with Crippen molar-refractivity contribution in [3.63, 3.8) is 0 Å². The van der Waals surface area contributed by atoms with Crippen molar-refractivity contribution in [3.05, 3.63) is 41.0 Å². The number of Topliss-reactive ketones (excluding diaryl/α,β-unsaturated/α-hetero) is 1. The van der Waals surface area contributed by atoms with Gasteiger partial charge in [0.1, 0.15) is 0 Å². The summed E-state index contributed by atoms with van der Waals surface area (Å²) in [6, 6.07) is 7.51. The van der Waals surface area contributed by atoms with Crippen LogP contribution in [0.4, 0.5) is 0 Å². The minimum absolute atomic E-state index is 0.0266. The quantitative estimate of drug-likeness (QED) is 0.862. The molecule has 3 rings (SSSR count). The van der Waals surface area contributed by atoms with Crippen molar-refractivity contribution >= 4 is 5.78 Å². The molecule has 0 fully saturated rings. The summed E-state index contributed by atoms with van der Waals surface area (Å²) in [5, 5.41) is 0. The molecule has 0 aliphatic heterocycles. The van der Waals surface area contributed by atoms with E-state index in [1.807, 2.05) is 24.3 Å². The number of carbonyl (C=O) groups is 1. The molecule has 2 aromatic carbocycles. The standard InChI is InChI=1S/C20H23NO4/c1-11(22)12-5-7-14-15(9-12)16(21)8-6-13-10-17(23-2)19(24-3)20(25-4)18(13)14/h5,7,9-10,16H,6,8,21H2,1-4H3/t16-/m0/s1. The van der Waals surface area contributed by atoms with E-state index in [0.717, 1.165) is 35.1 Å². The SMILES string of the molecule is COc1cc2c(c(OC)c1OC)-c1ccc(C(C)=O)cc1[C@@H](N)CC2. The van der Waals surface area contributed by atoms with Crippen molar-refractivity contribution in [2.75, 3.05) is 21.3 Å². The first-order valence-corrected chi connectivity index (χ1v) is 8.24. The summed E-state index contributed by atoms with van der Waals surface area (Å²) in [5.41, 5.74) is 11.1. The number of methoxy groups -OCH3 is 3. The second kappa shape index (κ2) is 6.76. The molecule has 0 saturated heterocycles. The first-order chi connectivity index (χ1) is 12.0. The number of rotatable bonds is 4. The third-order valence-electron chi connectivity index (χ3n) is 4.76. The summed E-state index contributed by atoms with van der Waals surface area (Å²) in [5.74, 6) is 1.85. The normalized spacial score (nSPS) is 15.6. The average molecular weight is 341 g/mol. The van der Waals surface area contributed by atoms with Crippen molar-refractivity contribution in [2.45, 2.75) is 25.8 Å². The molecule has 0 spiro atoms. The van der Waals surface area contributed by atoms with E-state index < -0.39 is 0 Å². The molecule has 2 aromatic rings. The van der Waals surface area contributed by atoms with Crippen molar-refractivity contribution in [1.29, 1.82) is 0 Å². The Labute approximate surface area is 147 Å². The van der Waals surface area contributed by atoms with Crippen molar-refractivity contribution < 1.29 is 19.0 Å². The fourth-order valence-electron chi connectivity index (χ4n) is 3.48. The third kappa shape index (κ3) is 2.85. The van der Waals surface area contributed by atoms with Crippen LogP contribution >= 0.6 is 0 Å². The van der Waals surface area contributed by atoms with Gasteiger partial charge in [0.05, 0.1) is 21.3 Å². The van der Waals surface area contributed by atoms with Crippen LogP contribution in [0.2, 0.25) is 0 Å². The number of hydrogen-bond donors (Lipinski definition) is 1. The van der Waals surface area contributed by atoms with Gasteiger partial charge in [-0.25, -0.2) is 0 Å². The molecule has 1 atom stereocenters. The molecule has 0 bridgehead atoms. The van der Waals surface area contributed by atoms with Crippen LogP contribution in [0.5, 0.6) is 17.2 Å². The predicted octanol–water partition coefficient (Wildman–Crippen LogP) is 3.53. The van der Waals surface area contributed by atoms with Gasteiger partial charge < -0.3 is 19.9 Å². The highest BCUT2D eigenvalue weighted by molar-refractivity contribution is 5.95. The van der Waals surface area contributed by atoms with E-state index >= 15 is 0 Å². The summed E-state index contributed by atoms with van der Waals surface area (Å²) in [4.78, 5) is 11.8. The van der Waals surface area contributed by atoms with Gasteiger partial charge in [0, 0.05) is 17.2 Å². The number of ether oxygens (including phenoxy) is 3. The van der Waals surface area contributed by atoms with Gasteiger partial charge in [-0.15, -0.1) is 0 Å². The molecule has 0 heterocycles. The highest BCUT2D eigenvalue weighted by atomic mass is 16.5. The van der Waals surface area contributed by atoms with Gasteiger partial charge in [-0.05, 0) is 48.6 Å². The molecular formula is C20H23NO4. The number of fused-ring (bicyclic) bond motifs is 3. The summed E-state index contributed by atoms with van der Waals surface area (Å²) < 4.78 is 16.7. The van der Waals surface area contributed by atoms with Crippen LogP contribution in [-0.4, -0.2) is 27.1 Å². The molecule has 2 N–H and O–H groups in total. The van der Waals surface area contributed by atoms with Crippen LogP contribution in [0.1, 0.15) is 40.9 Å². The highest BCUT2D eigenvalue weighted by Crippen LogP contribution is 2.50. The number of benzene rings is 2. The number of carbonyl (C=O) groups excluding carboxylic acids is 1. The molecule has 132 valence electrons. The second-order valence-corrected chi connectivity index (χ2v) is 6.18. The minimum Gasteiger partial charge on any atom is -0.493 e. The minimum atomic E-state index is -0.150. The lowest BCUT2D eigenvalue weighted by Gasteiger charge is -2.20. The molecular weight excluding hydrogens is 318 g/mol. The number of aryl methyl sites for hydroxylation is 1. The van der Waals surface area contributed by atoms with Crippen LogP contribution in [0, 0.1) is 0 Å². The third-order valence-corrected chi connectivity index (χ3v) is 4.76. The average Bonchev–Trinajstić information content (AvgIpc) is 2.76. The Bertz CT molecular complexity index is 829. The van der Waals surface area contributed by atoms with Crippen molar-refractivity contribution in [1.82, 2.24) is 0 Å². The highest BCUT2D eigenvalue weighted by Gasteiger charge is 2.27. The van der Waals surface area contributed by atoms with Crippen LogP contribution in [0.15, 0.2) is 24.3 Å². The van der Waals surface area contributed by atoms with Gasteiger partial charge in [-0.1, -0.05) is 12.1 Å². The molecule has 0 amide bonds. The first kappa shape index (κ1) is 17.3. The Morgan fingerprint density at radius 1 is 1.08 bits per heavy atom. The fraction of sp³-hybridized carbons (Fsp3) is 0.350. The van der Waals surface area contributed by atoms with Gasteiger partial charge in [-0.2, -0.15) is 0 Å². The lowest BCUT2D eigenvalue weighted by molar-refractivity contribution is 0.101. The maximum Gasteiger partial charge on any atom is 0.203 e. The van der Waals surface area contributed by atoms with Crippen molar-refractivity contribution in [3.8, 4) is 28.4 Å². The summed E-state index contributed by atoms with van der Waals surface area (Å²) in [6.45, 7) is 1.56. The fourth-order valence-corrected chi connectivity index (χ4v) is 3.48. The maximum atomic E-state index is 11.8. The van der Waals surface area contributed by atoms with Gasteiger partial charge in [0.2, 0.25) is 5.75 Å². The molecule has 5 nitrogen and oxygen atoms in total. The molecule has 1 aliphatic carbocycles. The molecule has 0 unspecified atom stereocenters. The Morgan fingerprint density at radius 2 is 1.80 bits per heavy atom. The Kier molecular flexibility index (Phi) is 4.68. The van der Waals surface area contributed by atoms with E-state index in [4.69, 9.17) is 19.9 Å². The Balaban J connectivity index is 2.34. The summed E-state index contributed by atoms with van der Waals surface area (Å²) >= 11 is 0. The van der Waals surface area contributed by atoms with E-state index in [1.54, 1.807) is 28.3 Å². The van der Waals surface area contributed by atoms with Gasteiger partial charge >= 0.3 is 0 Å². The van der Waals surface area contributed by atoms with Crippen LogP contribution in [-0.2, 0) is 6.42 Å². The molecule has 0 radical (unpaired) electrons. The molecule has 0 saturated carbocycles. The Morgan fingerprint density at radius 3 is 2.40 bits per heavy atom. The molecule has 25 heavy (non-hydrogen) atoms. The first-order valence-electron chi connectivity index (χ1n) is 8.24. The zero-order valence-electron chi connectivity index (χ0n) is 15.0. The largest absolute Gasteiger partial charge is 0.493 e. The van der Waals surface area contributed by atoms with E-state index in [0.29, 0.717) is 22.8 Å². The van der Waals surface area contributed by atoms with Crippen molar-refractivity contribution in [2.24, 2.45) is 5.73 Å². The number of hydrogen-bond acceptors (Lipinski definition) is 5. The predicted molar refractivity (Wildman–Crippen MR) is 96.8 cm³/mol. The van der Waals surface area contributed by atoms with E-state index in [9.17, 15) is 4.79 Å². The number of ketones is 1. The van der Waals surface area contributed by atoms with Crippen LogP contribution in [0.3, 0.4) is 0 Å². The monoisotopic (exact) mass is 341 g/mol. The topological polar surface area (TPSA) is 70.8 Å². The van der Waals surface area contributed by atoms with E-state index in [-0.39, 0.29) is 11.8 Å². The zero-order valence-corrected chi connectivity index (χ0v) is 15.0. The van der Waals surface area contributed by atoms with Crippen LogP contribution < -0.4 is 19.9 Å². The molecule has 5 heteroatoms. The summed E-state index contributed by atoms with van der Waals surface area (Å²) in [7, 11) is 4.82. The molecule has 1 aliphatic rings. The van der Waals surface area contributed by atoms with E-state index in [1.165, 1.54) is 0 Å². The zero-order chi connectivity index (χ0) is 18.1. The Hall–Kier alpha value is -2.53. The van der Waals surface area contributed by atoms with E-state index in [2.05, 4.69) is 0 Å².